The molecular weight excluding hydrogens is 594 g/mol. The van der Waals surface area contributed by atoms with Crippen LogP contribution in [0.1, 0.15) is 110 Å². The van der Waals surface area contributed by atoms with Crippen LogP contribution in [0, 0.1) is 46.3 Å². The van der Waals surface area contributed by atoms with Crippen LogP contribution in [-0.2, 0) is 35.3 Å². The Morgan fingerprint density at radius 1 is 0.894 bits per heavy atom. The molecule has 0 bridgehead atoms. The highest BCUT2D eigenvalue weighted by Gasteiger charge is 2.60. The molecule has 0 heterocycles. The van der Waals surface area contributed by atoms with Crippen LogP contribution in [0.25, 0.3) is 0 Å². The molecule has 1 aromatic rings. The zero-order chi connectivity index (χ0) is 33.8. The molecule has 0 radical (unpaired) electrons. The van der Waals surface area contributed by atoms with E-state index in [2.05, 4.69) is 26.1 Å². The van der Waals surface area contributed by atoms with Crippen molar-refractivity contribution in [3.05, 3.63) is 35.9 Å². The van der Waals surface area contributed by atoms with Gasteiger partial charge in [0, 0.05) is 12.8 Å². The van der Waals surface area contributed by atoms with Crippen LogP contribution in [0.15, 0.2) is 30.3 Å². The van der Waals surface area contributed by atoms with E-state index in [1.54, 1.807) is 0 Å². The maximum Gasteiger partial charge on any atom is 0.325 e. The number of primary amides is 1. The highest BCUT2D eigenvalue weighted by Crippen LogP contribution is 2.68. The second-order valence-corrected chi connectivity index (χ2v) is 15.8. The zero-order valence-corrected chi connectivity index (χ0v) is 28.7. The fourth-order valence-electron chi connectivity index (χ4n) is 10.6. The summed E-state index contributed by atoms with van der Waals surface area (Å²) >= 11 is 0. The van der Waals surface area contributed by atoms with Gasteiger partial charge in [-0.25, -0.2) is 0 Å². The molecule has 47 heavy (non-hydrogen) atoms. The molecule has 4 fully saturated rings. The van der Waals surface area contributed by atoms with E-state index >= 15 is 0 Å². The number of hydrogen-bond donors (Lipinski definition) is 3. The summed E-state index contributed by atoms with van der Waals surface area (Å²) < 4.78 is 11.4. The van der Waals surface area contributed by atoms with Crippen LogP contribution in [0.5, 0.6) is 0 Å². The summed E-state index contributed by atoms with van der Waals surface area (Å²) in [5, 5.41) is 2.54. The number of esters is 2. The van der Waals surface area contributed by atoms with Gasteiger partial charge in [-0.3, -0.25) is 19.2 Å². The van der Waals surface area contributed by atoms with Gasteiger partial charge in [-0.05, 0) is 123 Å². The van der Waals surface area contributed by atoms with Crippen molar-refractivity contribution in [2.24, 2.45) is 57.8 Å². The third-order valence-electron chi connectivity index (χ3n) is 13.2. The normalized spacial score (nSPS) is 34.1. The molecule has 4 aliphatic carbocycles. The van der Waals surface area contributed by atoms with Gasteiger partial charge in [-0.2, -0.15) is 0 Å². The summed E-state index contributed by atoms with van der Waals surface area (Å²) in [6, 6.07) is 8.99. The van der Waals surface area contributed by atoms with Crippen LogP contribution < -0.4 is 16.8 Å². The largest absolute Gasteiger partial charge is 0.461 e. The van der Waals surface area contributed by atoms with Gasteiger partial charge in [0.1, 0.15) is 19.3 Å². The number of carbonyl (C=O) groups is 4. The summed E-state index contributed by atoms with van der Waals surface area (Å²) in [6.07, 6.45) is 11.7. The zero-order valence-electron chi connectivity index (χ0n) is 28.7. The van der Waals surface area contributed by atoms with Crippen molar-refractivity contribution in [1.29, 1.82) is 0 Å². The van der Waals surface area contributed by atoms with Crippen molar-refractivity contribution in [1.82, 2.24) is 5.32 Å². The second kappa shape index (κ2) is 15.1. The van der Waals surface area contributed by atoms with Crippen molar-refractivity contribution in [3.8, 4) is 0 Å². The van der Waals surface area contributed by atoms with Crippen molar-refractivity contribution >= 4 is 23.8 Å². The van der Waals surface area contributed by atoms with E-state index in [1.807, 2.05) is 30.3 Å². The lowest BCUT2D eigenvalue weighted by atomic mass is 9.44. The van der Waals surface area contributed by atoms with Crippen LogP contribution in [0.4, 0.5) is 0 Å². The fraction of sp³-hybridized carbons (Fsp3) is 0.737. The molecule has 2 amide bonds. The molecule has 10 atom stereocenters. The minimum atomic E-state index is -0.884. The number of benzene rings is 1. The minimum absolute atomic E-state index is 0.0245. The van der Waals surface area contributed by atoms with Crippen LogP contribution in [0.2, 0.25) is 0 Å². The smallest absolute Gasteiger partial charge is 0.325 e. The average molecular weight is 652 g/mol. The number of hydrogen-bond acceptors (Lipinski definition) is 7. The lowest BCUT2D eigenvalue weighted by Gasteiger charge is -2.61. The lowest BCUT2D eigenvalue weighted by molar-refractivity contribution is -0.162. The Bertz CT molecular complexity index is 1270. The Morgan fingerprint density at radius 3 is 2.36 bits per heavy atom. The topological polar surface area (TPSA) is 151 Å². The monoisotopic (exact) mass is 651 g/mol. The number of nitrogens with one attached hydrogen (secondary N) is 1. The first kappa shape index (κ1) is 35.4. The number of fused-ring (bicyclic) bond motifs is 5. The summed E-state index contributed by atoms with van der Waals surface area (Å²) in [4.78, 5) is 48.3. The highest BCUT2D eigenvalue weighted by atomic mass is 16.5. The number of carbonyl (C=O) groups excluding carboxylic acids is 4. The number of amides is 2. The molecule has 9 nitrogen and oxygen atoms in total. The van der Waals surface area contributed by atoms with Gasteiger partial charge in [0.25, 0.3) is 0 Å². The highest BCUT2D eigenvalue weighted by molar-refractivity contribution is 5.86. The molecule has 1 aromatic carbocycles. The van der Waals surface area contributed by atoms with Gasteiger partial charge in [-0.1, -0.05) is 51.1 Å². The van der Waals surface area contributed by atoms with E-state index in [9.17, 15) is 19.2 Å². The van der Waals surface area contributed by atoms with Crippen LogP contribution in [0.3, 0.4) is 0 Å². The molecule has 0 spiro atoms. The molecular formula is C38H57N3O6. The van der Waals surface area contributed by atoms with Gasteiger partial charge in [0.15, 0.2) is 0 Å². The quantitative estimate of drug-likeness (QED) is 0.241. The Kier molecular flexibility index (Phi) is 11.4. The molecule has 0 aromatic heterocycles. The van der Waals surface area contributed by atoms with E-state index < -0.39 is 23.8 Å². The predicted octanol–water partition coefficient (Wildman–Crippen LogP) is 5.43. The van der Waals surface area contributed by atoms with E-state index in [-0.39, 0.29) is 36.9 Å². The van der Waals surface area contributed by atoms with Gasteiger partial charge in [0.2, 0.25) is 11.8 Å². The average Bonchev–Trinajstić information content (AvgIpc) is 3.42. The predicted molar refractivity (Wildman–Crippen MR) is 179 cm³/mol. The fourth-order valence-corrected chi connectivity index (χ4v) is 10.6. The molecule has 0 saturated heterocycles. The van der Waals surface area contributed by atoms with Crippen molar-refractivity contribution in [2.45, 2.75) is 123 Å². The first-order chi connectivity index (χ1) is 22.4. The molecule has 5 N–H and O–H groups in total. The molecule has 5 rings (SSSR count). The third kappa shape index (κ3) is 8.03. The Labute approximate surface area is 280 Å². The molecule has 9 heteroatoms. The summed E-state index contributed by atoms with van der Waals surface area (Å²) in [5.74, 6) is 2.35. The standard InChI is InChI=1S/C38H57N3O6/c1-24(9-16-34(43)46-23-25-7-5-4-6-8-25)29-12-13-30-28-11-10-26-21-27(17-19-37(26,2)31(28)18-20-38(29,30)3)47-35(44)22-41-36(45)32(39)14-15-33(40)42/h4-8,24,26-32H,9-23,39H2,1-3H3,(H2,40,42)(H,41,45)/t24-,26+,27+,28-,29+,30-,31-,32-,37-,38+/m0/s1. The second-order valence-electron chi connectivity index (χ2n) is 15.8. The Morgan fingerprint density at radius 2 is 1.62 bits per heavy atom. The first-order valence-corrected chi connectivity index (χ1v) is 18.1. The van der Waals surface area contributed by atoms with Crippen LogP contribution in [-0.4, -0.2) is 42.4 Å². The van der Waals surface area contributed by atoms with E-state index in [0.29, 0.717) is 42.1 Å². The Hall–Kier alpha value is -2.94. The first-order valence-electron chi connectivity index (χ1n) is 18.1. The van der Waals surface area contributed by atoms with Gasteiger partial charge in [0.05, 0.1) is 6.04 Å². The Balaban J connectivity index is 1.09. The number of rotatable bonds is 13. The number of nitrogens with two attached hydrogens (primary N) is 2. The molecule has 0 unspecified atom stereocenters. The van der Waals surface area contributed by atoms with E-state index in [0.717, 1.165) is 43.1 Å². The summed E-state index contributed by atoms with van der Waals surface area (Å²) in [7, 11) is 0. The number of ether oxygens (including phenoxy) is 2. The van der Waals surface area contributed by atoms with Gasteiger partial charge < -0.3 is 26.3 Å². The van der Waals surface area contributed by atoms with Gasteiger partial charge >= 0.3 is 11.9 Å². The van der Waals surface area contributed by atoms with Crippen molar-refractivity contribution in [3.63, 3.8) is 0 Å². The molecule has 4 saturated carbocycles. The summed E-state index contributed by atoms with van der Waals surface area (Å²) in [6.45, 7) is 7.56. The maximum atomic E-state index is 12.6. The SMILES string of the molecule is C[C@@H](CCC(=O)OCc1ccccc1)[C@H]1CC[C@H]2[C@@H]3CC[C@@H]4C[C@H](OC(=O)CNC(=O)[C@@H](N)CCC(N)=O)CC[C@]4(C)[C@H]3CC[C@]12C. The minimum Gasteiger partial charge on any atom is -0.461 e. The maximum absolute atomic E-state index is 12.6. The molecule has 260 valence electrons. The molecule has 0 aliphatic heterocycles. The third-order valence-corrected chi connectivity index (χ3v) is 13.2. The van der Waals surface area contributed by atoms with E-state index in [1.165, 1.54) is 38.5 Å². The van der Waals surface area contributed by atoms with Crippen molar-refractivity contribution < 1.29 is 28.7 Å². The van der Waals surface area contributed by atoms with Crippen LogP contribution >= 0.6 is 0 Å². The molecule has 4 aliphatic rings. The lowest BCUT2D eigenvalue weighted by Crippen LogP contribution is -2.54. The van der Waals surface area contributed by atoms with Gasteiger partial charge in [-0.15, -0.1) is 0 Å². The summed E-state index contributed by atoms with van der Waals surface area (Å²) in [5.41, 5.74) is 12.6. The van der Waals surface area contributed by atoms with Crippen molar-refractivity contribution in [2.75, 3.05) is 6.54 Å². The van der Waals surface area contributed by atoms with E-state index in [4.69, 9.17) is 20.9 Å².